The van der Waals surface area contributed by atoms with Gasteiger partial charge in [-0.05, 0) is 12.8 Å². The number of rotatable bonds is 3. The number of halogens is 5. The summed E-state index contributed by atoms with van der Waals surface area (Å²) in [5.41, 5.74) is 0. The van der Waals surface area contributed by atoms with Gasteiger partial charge in [-0.3, -0.25) is 4.79 Å². The average Bonchev–Trinajstić information content (AvgIpc) is 2.76. The molecule has 8 heteroatoms. The summed E-state index contributed by atoms with van der Waals surface area (Å²) < 4.78 is 62.1. The molecule has 18 heavy (non-hydrogen) atoms. The highest BCUT2D eigenvalue weighted by molar-refractivity contribution is 5.85. The van der Waals surface area contributed by atoms with Crippen molar-refractivity contribution in [3.05, 3.63) is 0 Å². The lowest BCUT2D eigenvalue weighted by Crippen LogP contribution is -2.54. The van der Waals surface area contributed by atoms with Crippen molar-refractivity contribution in [1.29, 1.82) is 5.26 Å². The first-order valence-electron chi connectivity index (χ1n) is 5.34. The van der Waals surface area contributed by atoms with E-state index in [4.69, 9.17) is 5.26 Å². The van der Waals surface area contributed by atoms with Gasteiger partial charge < -0.3 is 4.90 Å². The smallest absolute Gasteiger partial charge is 0.321 e. The first-order valence-corrected chi connectivity index (χ1v) is 5.34. The van der Waals surface area contributed by atoms with E-state index in [-0.39, 0.29) is 0 Å². The zero-order valence-corrected chi connectivity index (χ0v) is 9.31. The highest BCUT2D eigenvalue weighted by Crippen LogP contribution is 2.38. The average molecular weight is 270 g/mol. The van der Waals surface area contributed by atoms with Gasteiger partial charge >= 0.3 is 18.0 Å². The third-order valence-corrected chi connectivity index (χ3v) is 2.89. The number of alkyl halides is 5. The number of carbonyl (C=O) groups excluding carboxylic acids is 1. The van der Waals surface area contributed by atoms with Gasteiger partial charge in [0.1, 0.15) is 6.54 Å². The molecule has 0 bridgehead atoms. The fourth-order valence-electron chi connectivity index (χ4n) is 1.96. The molecule has 0 saturated heterocycles. The van der Waals surface area contributed by atoms with E-state index in [0.717, 1.165) is 0 Å². The van der Waals surface area contributed by atoms with Crippen LogP contribution in [0.1, 0.15) is 25.7 Å². The standard InChI is InChI=1S/C10H11F5N2O/c11-9(12,10(13,14)15)8(18)17(6-5-16)7-3-1-2-4-7/h7H,1-4,6H2. The molecule has 0 radical (unpaired) electrons. The molecular formula is C10H11F5N2O. The molecule has 1 saturated carbocycles. The number of carbonyl (C=O) groups is 1. The van der Waals surface area contributed by atoms with Gasteiger partial charge in [0.2, 0.25) is 0 Å². The number of hydrogen-bond acceptors (Lipinski definition) is 2. The lowest BCUT2D eigenvalue weighted by Gasteiger charge is -2.30. The van der Waals surface area contributed by atoms with Crippen LogP contribution in [0.3, 0.4) is 0 Å². The molecule has 0 aromatic heterocycles. The molecule has 1 amide bonds. The van der Waals surface area contributed by atoms with Gasteiger partial charge in [0, 0.05) is 6.04 Å². The van der Waals surface area contributed by atoms with Crippen molar-refractivity contribution in [2.45, 2.75) is 43.8 Å². The largest absolute Gasteiger partial charge is 0.463 e. The predicted molar refractivity (Wildman–Crippen MR) is 50.6 cm³/mol. The number of nitriles is 1. The molecule has 1 aliphatic carbocycles. The van der Waals surface area contributed by atoms with Crippen LogP contribution < -0.4 is 0 Å². The van der Waals surface area contributed by atoms with Gasteiger partial charge in [-0.25, -0.2) is 0 Å². The SMILES string of the molecule is N#CCN(C(=O)C(F)(F)C(F)(F)F)C1CCCC1. The molecular weight excluding hydrogens is 259 g/mol. The molecule has 0 aromatic carbocycles. The van der Waals surface area contributed by atoms with Crippen LogP contribution in [0.2, 0.25) is 0 Å². The quantitative estimate of drug-likeness (QED) is 0.584. The summed E-state index contributed by atoms with van der Waals surface area (Å²) >= 11 is 0. The summed E-state index contributed by atoms with van der Waals surface area (Å²) in [4.78, 5) is 11.6. The maximum atomic E-state index is 12.9. The summed E-state index contributed by atoms with van der Waals surface area (Å²) in [5.74, 6) is -7.77. The molecule has 102 valence electrons. The van der Waals surface area contributed by atoms with E-state index in [2.05, 4.69) is 0 Å². The monoisotopic (exact) mass is 270 g/mol. The molecule has 0 aromatic rings. The van der Waals surface area contributed by atoms with Gasteiger partial charge in [-0.15, -0.1) is 0 Å². The van der Waals surface area contributed by atoms with Crippen LogP contribution in [0.25, 0.3) is 0 Å². The number of amides is 1. The molecule has 1 fully saturated rings. The van der Waals surface area contributed by atoms with Crippen LogP contribution in [0.5, 0.6) is 0 Å². The Morgan fingerprint density at radius 1 is 1.22 bits per heavy atom. The van der Waals surface area contributed by atoms with E-state index in [1.165, 1.54) is 6.07 Å². The highest BCUT2D eigenvalue weighted by Gasteiger charge is 2.65. The summed E-state index contributed by atoms with van der Waals surface area (Å²) in [7, 11) is 0. The second-order valence-electron chi connectivity index (χ2n) is 4.10. The Kier molecular flexibility index (Phi) is 4.14. The van der Waals surface area contributed by atoms with Gasteiger partial charge in [-0.2, -0.15) is 27.2 Å². The van der Waals surface area contributed by atoms with E-state index in [9.17, 15) is 26.7 Å². The Bertz CT molecular complexity index is 354. The minimum atomic E-state index is -5.93. The molecule has 0 spiro atoms. The van der Waals surface area contributed by atoms with Crippen molar-refractivity contribution in [1.82, 2.24) is 4.90 Å². The molecule has 1 rings (SSSR count). The van der Waals surface area contributed by atoms with Crippen LogP contribution >= 0.6 is 0 Å². The first kappa shape index (κ1) is 14.7. The lowest BCUT2D eigenvalue weighted by molar-refractivity contribution is -0.275. The topological polar surface area (TPSA) is 44.1 Å². The molecule has 3 nitrogen and oxygen atoms in total. The number of hydrogen-bond donors (Lipinski definition) is 0. The summed E-state index contributed by atoms with van der Waals surface area (Å²) in [6.07, 6.45) is -3.94. The van der Waals surface area contributed by atoms with Gasteiger partial charge in [0.05, 0.1) is 6.07 Å². The minimum Gasteiger partial charge on any atom is -0.321 e. The number of nitrogens with zero attached hydrogens (tertiary/aromatic N) is 2. The zero-order valence-electron chi connectivity index (χ0n) is 9.31. The Morgan fingerprint density at radius 3 is 2.11 bits per heavy atom. The minimum absolute atomic E-state index is 0.348. The Hall–Kier alpha value is -1.39. The zero-order chi connectivity index (χ0) is 14.0. The van der Waals surface area contributed by atoms with Crippen LogP contribution in [0, 0.1) is 11.3 Å². The van der Waals surface area contributed by atoms with E-state index in [1.807, 2.05) is 0 Å². The Morgan fingerprint density at radius 2 is 1.72 bits per heavy atom. The fourth-order valence-corrected chi connectivity index (χ4v) is 1.96. The van der Waals surface area contributed by atoms with Crippen LogP contribution in [-0.2, 0) is 4.79 Å². The molecule has 0 unspecified atom stereocenters. The third-order valence-electron chi connectivity index (χ3n) is 2.89. The van der Waals surface area contributed by atoms with Crippen molar-refractivity contribution < 1.29 is 26.7 Å². The second kappa shape index (κ2) is 5.08. The summed E-state index contributed by atoms with van der Waals surface area (Å²) in [5, 5.41) is 8.44. The molecule has 0 atom stereocenters. The lowest BCUT2D eigenvalue weighted by atomic mass is 10.1. The Labute approximate surface area is 100 Å². The van der Waals surface area contributed by atoms with Crippen LogP contribution in [0.15, 0.2) is 0 Å². The van der Waals surface area contributed by atoms with Crippen LogP contribution in [0.4, 0.5) is 22.0 Å². The summed E-state index contributed by atoms with van der Waals surface area (Å²) in [6.45, 7) is -0.755. The molecule has 0 aliphatic heterocycles. The first-order chi connectivity index (χ1) is 8.21. The van der Waals surface area contributed by atoms with E-state index in [0.29, 0.717) is 30.6 Å². The van der Waals surface area contributed by atoms with E-state index < -0.39 is 30.6 Å². The fraction of sp³-hybridized carbons (Fsp3) is 0.800. The van der Waals surface area contributed by atoms with E-state index in [1.54, 1.807) is 0 Å². The third kappa shape index (κ3) is 2.71. The maximum Gasteiger partial charge on any atom is 0.463 e. The maximum absolute atomic E-state index is 12.9. The highest BCUT2D eigenvalue weighted by atomic mass is 19.4. The molecule has 1 aliphatic rings. The normalized spacial score (nSPS) is 17.6. The van der Waals surface area contributed by atoms with Crippen molar-refractivity contribution in [3.63, 3.8) is 0 Å². The summed E-state index contributed by atoms with van der Waals surface area (Å²) in [6, 6.07) is 0.750. The van der Waals surface area contributed by atoms with Crippen LogP contribution in [-0.4, -0.2) is 35.5 Å². The van der Waals surface area contributed by atoms with Crippen molar-refractivity contribution in [3.8, 4) is 6.07 Å². The molecule has 0 heterocycles. The van der Waals surface area contributed by atoms with Crippen molar-refractivity contribution in [2.75, 3.05) is 6.54 Å². The second-order valence-corrected chi connectivity index (χ2v) is 4.10. The Balaban J connectivity index is 2.92. The van der Waals surface area contributed by atoms with Crippen molar-refractivity contribution >= 4 is 5.91 Å². The molecule has 0 N–H and O–H groups in total. The van der Waals surface area contributed by atoms with Gasteiger partial charge in [0.15, 0.2) is 0 Å². The van der Waals surface area contributed by atoms with Gasteiger partial charge in [0.25, 0.3) is 0 Å². The van der Waals surface area contributed by atoms with E-state index >= 15 is 0 Å². The van der Waals surface area contributed by atoms with Gasteiger partial charge in [-0.1, -0.05) is 12.8 Å². The predicted octanol–water partition coefficient (Wildman–Crippen LogP) is 2.48. The van der Waals surface area contributed by atoms with Crippen molar-refractivity contribution in [2.24, 2.45) is 0 Å².